The van der Waals surface area contributed by atoms with Gasteiger partial charge in [-0.1, -0.05) is 6.07 Å². The Kier molecular flexibility index (Phi) is 6.44. The number of imidazole rings is 1. The van der Waals surface area contributed by atoms with Gasteiger partial charge in [0.2, 0.25) is 5.95 Å². The molecule has 3 aromatic rings. The van der Waals surface area contributed by atoms with Gasteiger partial charge in [0.05, 0.1) is 13.1 Å². The molecule has 1 amide bonds. The van der Waals surface area contributed by atoms with Gasteiger partial charge in [-0.2, -0.15) is 0 Å². The predicted molar refractivity (Wildman–Crippen MR) is 127 cm³/mol. The van der Waals surface area contributed by atoms with E-state index in [0.717, 1.165) is 22.9 Å². The molecule has 0 aliphatic carbocycles. The quantitative estimate of drug-likeness (QED) is 0.616. The number of hydrogen-bond donors (Lipinski definition) is 2. The van der Waals surface area contributed by atoms with Crippen molar-refractivity contribution < 1.29 is 9.90 Å². The van der Waals surface area contributed by atoms with Gasteiger partial charge in [-0.25, -0.2) is 15.0 Å². The van der Waals surface area contributed by atoms with E-state index in [9.17, 15) is 9.90 Å². The summed E-state index contributed by atoms with van der Waals surface area (Å²) < 4.78 is 1.93. The molecule has 0 saturated carbocycles. The highest BCUT2D eigenvalue weighted by Gasteiger charge is 2.36. The van der Waals surface area contributed by atoms with E-state index < -0.39 is 5.60 Å². The Hall–Kier alpha value is -3.30. The summed E-state index contributed by atoms with van der Waals surface area (Å²) in [6, 6.07) is 9.23. The highest BCUT2D eigenvalue weighted by molar-refractivity contribution is 5.95. The number of carbonyl (C=O) groups excluding carboxylic acids is 1. The molecule has 1 atom stereocenters. The minimum atomic E-state index is -1.09. The van der Waals surface area contributed by atoms with Crippen molar-refractivity contribution in [3.63, 3.8) is 0 Å². The van der Waals surface area contributed by atoms with Crippen molar-refractivity contribution >= 4 is 17.5 Å². The lowest BCUT2D eigenvalue weighted by Crippen LogP contribution is -2.50. The van der Waals surface area contributed by atoms with Crippen LogP contribution in [0, 0.1) is 20.8 Å². The lowest BCUT2D eigenvalue weighted by molar-refractivity contribution is -0.0116. The number of aromatic nitrogens is 4. The van der Waals surface area contributed by atoms with Crippen molar-refractivity contribution in [2.24, 2.45) is 0 Å². The molecule has 174 valence electrons. The van der Waals surface area contributed by atoms with Crippen LogP contribution < -0.4 is 5.32 Å². The summed E-state index contributed by atoms with van der Waals surface area (Å²) in [5.74, 6) is 1.22. The van der Waals surface area contributed by atoms with E-state index in [1.807, 2.05) is 56.8 Å². The monoisotopic (exact) mass is 449 g/mol. The number of nitrogens with zero attached hydrogens (tertiary/aromatic N) is 6. The molecule has 4 rings (SSSR count). The van der Waals surface area contributed by atoms with Gasteiger partial charge in [-0.15, -0.1) is 0 Å². The third-order valence-corrected chi connectivity index (χ3v) is 5.82. The van der Waals surface area contributed by atoms with Gasteiger partial charge in [-0.05, 0) is 52.1 Å². The van der Waals surface area contributed by atoms with E-state index in [-0.39, 0.29) is 12.5 Å². The summed E-state index contributed by atoms with van der Waals surface area (Å²) in [7, 11) is 1.97. The fourth-order valence-electron chi connectivity index (χ4n) is 4.34. The van der Waals surface area contributed by atoms with E-state index in [1.165, 1.54) is 0 Å². The van der Waals surface area contributed by atoms with Crippen molar-refractivity contribution in [2.75, 3.05) is 38.5 Å². The number of rotatable bonds is 5. The van der Waals surface area contributed by atoms with Gasteiger partial charge in [0.1, 0.15) is 11.4 Å². The lowest BCUT2D eigenvalue weighted by atomic mass is 10.0. The molecule has 2 aromatic heterocycles. The molecular formula is C24H31N7O2. The second kappa shape index (κ2) is 9.29. The maximum Gasteiger partial charge on any atom is 0.254 e. The summed E-state index contributed by atoms with van der Waals surface area (Å²) in [6.07, 6.45) is 3.58. The number of aryl methyl sites for hydroxylation is 3. The van der Waals surface area contributed by atoms with Gasteiger partial charge >= 0.3 is 0 Å². The van der Waals surface area contributed by atoms with E-state index in [2.05, 4.69) is 25.2 Å². The average molecular weight is 450 g/mol. The van der Waals surface area contributed by atoms with Crippen LogP contribution in [-0.2, 0) is 6.54 Å². The minimum absolute atomic E-state index is 0.115. The first-order chi connectivity index (χ1) is 15.7. The number of amides is 1. The van der Waals surface area contributed by atoms with Gasteiger partial charge in [-0.3, -0.25) is 4.79 Å². The zero-order valence-corrected chi connectivity index (χ0v) is 19.6. The number of anilines is 2. The van der Waals surface area contributed by atoms with E-state index >= 15 is 0 Å². The number of carbonyl (C=O) groups is 1. The standard InChI is InChI=1S/C24H31N7O2/c1-17-12-18(2)27-23(26-17)28-21-7-5-6-20(13-21)22(32)31-11-10-29(4)14-24(33,16-31)15-30-9-8-25-19(30)3/h5-9,12-13,33H,10-11,14-16H2,1-4H3,(H,26,27,28)/t24-/m0/s1. The van der Waals surface area contributed by atoms with E-state index in [4.69, 9.17) is 0 Å². The van der Waals surface area contributed by atoms with Gasteiger partial charge < -0.3 is 24.8 Å². The Morgan fingerprint density at radius 3 is 2.58 bits per heavy atom. The summed E-state index contributed by atoms with van der Waals surface area (Å²) in [4.78, 5) is 30.3. The Bertz CT molecular complexity index is 1130. The molecule has 0 radical (unpaired) electrons. The van der Waals surface area contributed by atoms with Crippen molar-refractivity contribution in [3.8, 4) is 0 Å². The molecular weight excluding hydrogens is 418 g/mol. The number of hydrogen-bond acceptors (Lipinski definition) is 7. The van der Waals surface area contributed by atoms with Crippen LogP contribution in [0.4, 0.5) is 11.6 Å². The van der Waals surface area contributed by atoms with Crippen LogP contribution in [0.2, 0.25) is 0 Å². The van der Waals surface area contributed by atoms with Crippen LogP contribution in [0.15, 0.2) is 42.7 Å². The van der Waals surface area contributed by atoms with Crippen LogP contribution in [0.5, 0.6) is 0 Å². The van der Waals surface area contributed by atoms with Crippen LogP contribution in [-0.4, -0.2) is 79.2 Å². The van der Waals surface area contributed by atoms with Crippen LogP contribution >= 0.6 is 0 Å². The Balaban J connectivity index is 1.53. The van der Waals surface area contributed by atoms with E-state index in [1.54, 1.807) is 23.2 Å². The first kappa shape index (κ1) is 22.9. The molecule has 1 fully saturated rings. The molecule has 2 N–H and O–H groups in total. The minimum Gasteiger partial charge on any atom is -0.385 e. The molecule has 0 unspecified atom stereocenters. The number of β-amino-alcohol motifs (C(OH)–C–C–N with tert-alkyl or cyclic N) is 1. The molecule has 1 aliphatic heterocycles. The van der Waals surface area contributed by atoms with Gasteiger partial charge in [0, 0.05) is 54.7 Å². The van der Waals surface area contributed by atoms with Gasteiger partial charge in [0.15, 0.2) is 0 Å². The maximum absolute atomic E-state index is 13.4. The summed E-state index contributed by atoms with van der Waals surface area (Å²) in [6.45, 7) is 8.06. The fourth-order valence-corrected chi connectivity index (χ4v) is 4.34. The first-order valence-corrected chi connectivity index (χ1v) is 11.1. The molecule has 33 heavy (non-hydrogen) atoms. The van der Waals surface area contributed by atoms with Crippen molar-refractivity contribution in [2.45, 2.75) is 32.9 Å². The maximum atomic E-state index is 13.4. The lowest BCUT2D eigenvalue weighted by Gasteiger charge is -2.33. The Morgan fingerprint density at radius 1 is 1.12 bits per heavy atom. The van der Waals surface area contributed by atoms with Crippen molar-refractivity contribution in [3.05, 3.63) is 65.5 Å². The Labute approximate surface area is 194 Å². The highest BCUT2D eigenvalue weighted by Crippen LogP contribution is 2.21. The van der Waals surface area contributed by atoms with Crippen LogP contribution in [0.25, 0.3) is 0 Å². The Morgan fingerprint density at radius 2 is 1.88 bits per heavy atom. The van der Waals surface area contributed by atoms with Crippen molar-refractivity contribution in [1.29, 1.82) is 0 Å². The van der Waals surface area contributed by atoms with Crippen molar-refractivity contribution in [1.82, 2.24) is 29.3 Å². The summed E-state index contributed by atoms with van der Waals surface area (Å²) >= 11 is 0. The molecule has 1 aliphatic rings. The van der Waals surface area contributed by atoms with Crippen LogP contribution in [0.3, 0.4) is 0 Å². The SMILES string of the molecule is Cc1cc(C)nc(Nc2cccc(C(=O)N3CCN(C)C[C@](O)(Cn4ccnc4C)C3)c2)n1. The van der Waals surface area contributed by atoms with E-state index in [0.29, 0.717) is 37.7 Å². The second-order valence-electron chi connectivity index (χ2n) is 8.97. The van der Waals surface area contributed by atoms with Crippen LogP contribution in [0.1, 0.15) is 27.6 Å². The average Bonchev–Trinajstić information content (AvgIpc) is 3.06. The third-order valence-electron chi connectivity index (χ3n) is 5.82. The number of benzene rings is 1. The molecule has 9 heteroatoms. The zero-order chi connectivity index (χ0) is 23.6. The molecule has 0 spiro atoms. The van der Waals surface area contributed by atoms with Gasteiger partial charge in [0.25, 0.3) is 5.91 Å². The first-order valence-electron chi connectivity index (χ1n) is 11.1. The topological polar surface area (TPSA) is 99.4 Å². The summed E-state index contributed by atoms with van der Waals surface area (Å²) in [5, 5.41) is 14.7. The largest absolute Gasteiger partial charge is 0.385 e. The molecule has 1 saturated heterocycles. The molecule has 0 bridgehead atoms. The normalized spacial score (nSPS) is 19.4. The number of likely N-dealkylation sites (N-methyl/N-ethyl adjacent to an activating group) is 1. The second-order valence-corrected chi connectivity index (χ2v) is 8.97. The highest BCUT2D eigenvalue weighted by atomic mass is 16.3. The fraction of sp³-hybridized carbons (Fsp3) is 0.417. The molecule has 3 heterocycles. The predicted octanol–water partition coefficient (Wildman–Crippen LogP) is 2.16. The third kappa shape index (κ3) is 5.55. The number of aliphatic hydroxyl groups is 1. The smallest absolute Gasteiger partial charge is 0.254 e. The number of nitrogens with one attached hydrogen (secondary N) is 1. The zero-order valence-electron chi connectivity index (χ0n) is 19.6. The molecule has 9 nitrogen and oxygen atoms in total. The molecule has 1 aromatic carbocycles. The summed E-state index contributed by atoms with van der Waals surface area (Å²) in [5.41, 5.74) is 1.95.